The highest BCUT2D eigenvalue weighted by molar-refractivity contribution is 5.99. The summed E-state index contributed by atoms with van der Waals surface area (Å²) in [4.78, 5) is 24.7. The van der Waals surface area contributed by atoms with E-state index in [4.69, 9.17) is 14.2 Å². The summed E-state index contributed by atoms with van der Waals surface area (Å²) in [6.45, 7) is 9.51. The van der Waals surface area contributed by atoms with Crippen molar-refractivity contribution in [1.82, 2.24) is 0 Å². The van der Waals surface area contributed by atoms with Gasteiger partial charge in [-0.1, -0.05) is 13.8 Å². The highest BCUT2D eigenvalue weighted by Crippen LogP contribution is 2.26. The molecule has 1 N–H and O–H groups in total. The number of benzene rings is 1. The average Bonchev–Trinajstić information content (AvgIpc) is 2.62. The topological polar surface area (TPSA) is 73.9 Å². The molecule has 0 fully saturated rings. The van der Waals surface area contributed by atoms with E-state index in [1.807, 2.05) is 20.8 Å². The Kier molecular flexibility index (Phi) is 7.90. The first-order valence-corrected chi connectivity index (χ1v) is 8.65. The molecule has 0 unspecified atom stereocenters. The van der Waals surface area contributed by atoms with E-state index < -0.39 is 11.6 Å². The van der Waals surface area contributed by atoms with Gasteiger partial charge < -0.3 is 19.5 Å². The largest absolute Gasteiger partial charge is 0.490 e. The molecule has 140 valence electrons. The molecule has 25 heavy (non-hydrogen) atoms. The minimum absolute atomic E-state index is 0.0366. The molecule has 6 nitrogen and oxygen atoms in total. The lowest BCUT2D eigenvalue weighted by Gasteiger charge is -2.25. The summed E-state index contributed by atoms with van der Waals surface area (Å²) in [5.74, 6) is -0.319. The van der Waals surface area contributed by atoms with E-state index in [2.05, 4.69) is 5.32 Å². The van der Waals surface area contributed by atoms with Crippen molar-refractivity contribution in [3.05, 3.63) is 23.8 Å². The van der Waals surface area contributed by atoms with Crippen LogP contribution in [0.2, 0.25) is 0 Å². The first kappa shape index (κ1) is 21.0. The zero-order valence-electron chi connectivity index (χ0n) is 16.0. The van der Waals surface area contributed by atoms with Crippen LogP contribution in [0, 0.1) is 0 Å². The van der Waals surface area contributed by atoms with Gasteiger partial charge >= 0.3 is 5.97 Å². The quantitative estimate of drug-likeness (QED) is 0.685. The summed E-state index contributed by atoms with van der Waals surface area (Å²) >= 11 is 0. The molecule has 0 aliphatic carbocycles. The lowest BCUT2D eigenvalue weighted by molar-refractivity contribution is -0.136. The van der Waals surface area contributed by atoms with E-state index in [0.717, 1.165) is 6.42 Å². The second kappa shape index (κ2) is 9.42. The van der Waals surface area contributed by atoms with Gasteiger partial charge in [-0.2, -0.15) is 0 Å². The normalized spacial score (nSPS) is 14.3. The summed E-state index contributed by atoms with van der Waals surface area (Å²) < 4.78 is 16.2. The number of esters is 1. The fourth-order valence-electron chi connectivity index (χ4n) is 2.04. The zero-order chi connectivity index (χ0) is 19.0. The number of anilines is 1. The second-order valence-corrected chi connectivity index (χ2v) is 6.01. The third kappa shape index (κ3) is 5.46. The van der Waals surface area contributed by atoms with Crippen LogP contribution < -0.4 is 10.1 Å². The van der Waals surface area contributed by atoms with Gasteiger partial charge in [-0.25, -0.2) is 4.79 Å². The van der Waals surface area contributed by atoms with Crippen molar-refractivity contribution in [2.45, 2.75) is 59.2 Å². The van der Waals surface area contributed by atoms with E-state index in [-0.39, 0.29) is 24.2 Å². The smallest absolute Gasteiger partial charge is 0.341 e. The molecule has 0 bridgehead atoms. The Balaban J connectivity index is 3.12. The van der Waals surface area contributed by atoms with Crippen LogP contribution in [0.15, 0.2) is 18.2 Å². The maximum atomic E-state index is 12.4. The molecule has 1 rings (SSSR count). The number of amides is 1. The van der Waals surface area contributed by atoms with Crippen molar-refractivity contribution >= 4 is 17.6 Å². The Morgan fingerprint density at radius 2 is 1.92 bits per heavy atom. The van der Waals surface area contributed by atoms with Crippen molar-refractivity contribution in [2.24, 2.45) is 0 Å². The van der Waals surface area contributed by atoms with Gasteiger partial charge in [-0.15, -0.1) is 0 Å². The van der Waals surface area contributed by atoms with Gasteiger partial charge in [0.2, 0.25) is 0 Å². The summed E-state index contributed by atoms with van der Waals surface area (Å²) in [5, 5.41) is 2.79. The summed E-state index contributed by atoms with van der Waals surface area (Å²) in [6.07, 6.45) is 1.30. The van der Waals surface area contributed by atoms with E-state index in [1.54, 1.807) is 32.0 Å². The number of hydrogen-bond donors (Lipinski definition) is 1. The van der Waals surface area contributed by atoms with E-state index in [0.29, 0.717) is 17.9 Å². The minimum Gasteiger partial charge on any atom is -0.490 e. The molecule has 0 aromatic heterocycles. The van der Waals surface area contributed by atoms with Gasteiger partial charge in [0.05, 0.1) is 12.7 Å². The molecule has 1 amide bonds. The maximum Gasteiger partial charge on any atom is 0.341 e. The molecule has 0 heterocycles. The molecule has 1 aromatic carbocycles. The molecule has 2 atom stereocenters. The maximum absolute atomic E-state index is 12.4. The van der Waals surface area contributed by atoms with E-state index >= 15 is 0 Å². The Morgan fingerprint density at radius 1 is 1.24 bits per heavy atom. The molecule has 0 aliphatic rings. The van der Waals surface area contributed by atoms with Crippen LogP contribution in [0.25, 0.3) is 0 Å². The third-order valence-electron chi connectivity index (χ3n) is 4.24. The number of carbonyl (C=O) groups is 2. The molecular formula is C19H29NO5. The molecule has 0 radical (unpaired) electrons. The standard InChI is InChI=1S/C19H29NO5/c1-7-13(4)25-16-11-10-14(12-15(16)17(21)24-9-3)20-18(22)19(5,8-2)23-6/h10-13H,7-9H2,1-6H3,(H,20,22)/t13-,19+/m1/s1. The number of rotatable bonds is 9. The number of methoxy groups -OCH3 is 1. The van der Waals surface area contributed by atoms with Gasteiger partial charge in [0.15, 0.2) is 0 Å². The zero-order valence-corrected chi connectivity index (χ0v) is 16.0. The minimum atomic E-state index is -0.935. The number of carbonyl (C=O) groups excluding carboxylic acids is 2. The van der Waals surface area contributed by atoms with Crippen LogP contribution in [-0.4, -0.2) is 37.3 Å². The fourth-order valence-corrected chi connectivity index (χ4v) is 2.04. The third-order valence-corrected chi connectivity index (χ3v) is 4.24. The van der Waals surface area contributed by atoms with Crippen molar-refractivity contribution in [3.8, 4) is 5.75 Å². The summed E-state index contributed by atoms with van der Waals surface area (Å²) in [6, 6.07) is 4.94. The predicted octanol–water partition coefficient (Wildman–Crippen LogP) is 3.79. The Hall–Kier alpha value is -2.08. The molecule has 0 saturated carbocycles. The van der Waals surface area contributed by atoms with Crippen molar-refractivity contribution in [3.63, 3.8) is 0 Å². The monoisotopic (exact) mass is 351 g/mol. The van der Waals surface area contributed by atoms with Crippen LogP contribution in [0.3, 0.4) is 0 Å². The summed E-state index contributed by atoms with van der Waals surface area (Å²) in [7, 11) is 1.50. The Bertz CT molecular complexity index is 595. The number of ether oxygens (including phenoxy) is 3. The fraction of sp³-hybridized carbons (Fsp3) is 0.579. The SMILES string of the molecule is CCOC(=O)c1cc(NC(=O)[C@](C)(CC)OC)ccc1O[C@H](C)CC. The van der Waals surface area contributed by atoms with Gasteiger partial charge in [-0.3, -0.25) is 4.79 Å². The van der Waals surface area contributed by atoms with Gasteiger partial charge in [0, 0.05) is 12.8 Å². The second-order valence-electron chi connectivity index (χ2n) is 6.01. The average molecular weight is 351 g/mol. The van der Waals surface area contributed by atoms with Crippen LogP contribution in [0.1, 0.15) is 57.8 Å². The first-order valence-electron chi connectivity index (χ1n) is 8.65. The molecule has 1 aromatic rings. The van der Waals surface area contributed by atoms with Gasteiger partial charge in [-0.05, 0) is 51.8 Å². The van der Waals surface area contributed by atoms with Gasteiger partial charge in [0.1, 0.15) is 16.9 Å². The number of nitrogens with one attached hydrogen (secondary N) is 1. The lowest BCUT2D eigenvalue weighted by atomic mass is 10.0. The first-order chi connectivity index (χ1) is 11.8. The molecule has 0 saturated heterocycles. The van der Waals surface area contributed by atoms with Crippen LogP contribution in [-0.2, 0) is 14.3 Å². The van der Waals surface area contributed by atoms with E-state index in [9.17, 15) is 9.59 Å². The Labute approximate surface area is 149 Å². The lowest BCUT2D eigenvalue weighted by Crippen LogP contribution is -2.41. The molecular weight excluding hydrogens is 322 g/mol. The predicted molar refractivity (Wildman–Crippen MR) is 97.1 cm³/mol. The van der Waals surface area contributed by atoms with Crippen LogP contribution in [0.4, 0.5) is 5.69 Å². The van der Waals surface area contributed by atoms with Crippen LogP contribution >= 0.6 is 0 Å². The molecule has 6 heteroatoms. The summed E-state index contributed by atoms with van der Waals surface area (Å²) in [5.41, 5.74) is -0.160. The molecule has 0 aliphatic heterocycles. The van der Waals surface area contributed by atoms with Gasteiger partial charge in [0.25, 0.3) is 5.91 Å². The van der Waals surface area contributed by atoms with E-state index in [1.165, 1.54) is 7.11 Å². The highest BCUT2D eigenvalue weighted by atomic mass is 16.5. The molecule has 0 spiro atoms. The van der Waals surface area contributed by atoms with Crippen molar-refractivity contribution in [2.75, 3.05) is 19.0 Å². The Morgan fingerprint density at radius 3 is 2.44 bits per heavy atom. The van der Waals surface area contributed by atoms with Crippen LogP contribution in [0.5, 0.6) is 5.75 Å². The van der Waals surface area contributed by atoms with Crippen molar-refractivity contribution < 1.29 is 23.8 Å². The number of hydrogen-bond acceptors (Lipinski definition) is 5. The van der Waals surface area contributed by atoms with Crippen molar-refractivity contribution in [1.29, 1.82) is 0 Å². The highest BCUT2D eigenvalue weighted by Gasteiger charge is 2.31.